The average Bonchev–Trinajstić information content (AvgIpc) is 2.82. The molecule has 0 radical (unpaired) electrons. The van der Waals surface area contributed by atoms with E-state index in [9.17, 15) is 0 Å². The van der Waals surface area contributed by atoms with Crippen LogP contribution in [0.1, 0.15) is 22.3 Å². The third-order valence-corrected chi connectivity index (χ3v) is 5.16. The number of thiophene rings is 1. The van der Waals surface area contributed by atoms with Crippen LogP contribution in [0.2, 0.25) is 4.34 Å². The summed E-state index contributed by atoms with van der Waals surface area (Å²) in [5.74, 6) is 0. The molecule has 0 aliphatic carbocycles. The molecule has 2 aromatic heterocycles. The Labute approximate surface area is 118 Å². The first-order valence-electron chi connectivity index (χ1n) is 5.21. The number of rotatable bonds is 3. The van der Waals surface area contributed by atoms with E-state index in [4.69, 9.17) is 17.3 Å². The molecule has 0 saturated heterocycles. The summed E-state index contributed by atoms with van der Waals surface area (Å²) in [4.78, 5) is 1.13. The Morgan fingerprint density at radius 1 is 1.53 bits per heavy atom. The van der Waals surface area contributed by atoms with Gasteiger partial charge in [-0.2, -0.15) is 5.10 Å². The lowest BCUT2D eigenvalue weighted by Crippen LogP contribution is -2.21. The topological polar surface area (TPSA) is 43.8 Å². The molecule has 6 heteroatoms. The van der Waals surface area contributed by atoms with Gasteiger partial charge >= 0.3 is 0 Å². The minimum Gasteiger partial charge on any atom is -0.328 e. The molecular formula is C11H13BrClN3S. The molecule has 17 heavy (non-hydrogen) atoms. The maximum Gasteiger partial charge on any atom is 0.0986 e. The monoisotopic (exact) mass is 333 g/mol. The van der Waals surface area contributed by atoms with Crippen LogP contribution in [-0.2, 0) is 0 Å². The maximum atomic E-state index is 5.96. The van der Waals surface area contributed by atoms with Crippen LogP contribution in [0.15, 0.2) is 16.6 Å². The highest BCUT2D eigenvalue weighted by Gasteiger charge is 2.19. The molecule has 2 N–H and O–H groups in total. The number of aryl methyl sites for hydroxylation is 1. The predicted molar refractivity (Wildman–Crippen MR) is 75.9 cm³/mol. The van der Waals surface area contributed by atoms with Crippen LogP contribution in [-0.4, -0.2) is 16.3 Å². The van der Waals surface area contributed by atoms with Crippen LogP contribution >= 0.6 is 38.9 Å². The summed E-state index contributed by atoms with van der Waals surface area (Å²) in [6.45, 7) is 4.51. The summed E-state index contributed by atoms with van der Waals surface area (Å²) in [5.41, 5.74) is 7.92. The molecule has 0 amide bonds. The first-order chi connectivity index (χ1) is 8.04. The molecule has 1 atom stereocenters. The lowest BCUT2D eigenvalue weighted by Gasteiger charge is -2.15. The summed E-state index contributed by atoms with van der Waals surface area (Å²) < 4.78 is 3.78. The number of hydrogen-bond donors (Lipinski definition) is 1. The van der Waals surface area contributed by atoms with Gasteiger partial charge < -0.3 is 5.73 Å². The summed E-state index contributed by atoms with van der Waals surface area (Å²) in [7, 11) is 0. The molecule has 3 nitrogen and oxygen atoms in total. The lowest BCUT2D eigenvalue weighted by atomic mass is 10.2. The highest BCUT2D eigenvalue weighted by molar-refractivity contribution is 9.10. The van der Waals surface area contributed by atoms with E-state index in [1.165, 1.54) is 0 Å². The standard InChI is InChI=1S/C11H13BrClN3S/c1-6-11(12)7(2)16(15-6)8(5-14)9-3-4-10(13)17-9/h3-4,8H,5,14H2,1-2H3. The van der Waals surface area contributed by atoms with E-state index < -0.39 is 0 Å². The van der Waals surface area contributed by atoms with Gasteiger partial charge in [-0.1, -0.05) is 11.6 Å². The maximum absolute atomic E-state index is 5.96. The second-order valence-corrected chi connectivity index (χ2v) is 6.36. The largest absolute Gasteiger partial charge is 0.328 e. The highest BCUT2D eigenvalue weighted by atomic mass is 79.9. The van der Waals surface area contributed by atoms with Crippen molar-refractivity contribution in [3.8, 4) is 0 Å². The Morgan fingerprint density at radius 2 is 2.24 bits per heavy atom. The number of hydrogen-bond acceptors (Lipinski definition) is 3. The summed E-state index contributed by atoms with van der Waals surface area (Å²) >= 11 is 11.0. The van der Waals surface area contributed by atoms with Gasteiger partial charge in [0.25, 0.3) is 0 Å². The third-order valence-electron chi connectivity index (χ3n) is 2.68. The van der Waals surface area contributed by atoms with Crippen molar-refractivity contribution in [1.82, 2.24) is 9.78 Å². The normalized spacial score (nSPS) is 13.0. The second-order valence-electron chi connectivity index (χ2n) is 3.82. The Morgan fingerprint density at radius 3 is 2.65 bits per heavy atom. The molecule has 2 aromatic rings. The van der Waals surface area contributed by atoms with Gasteiger partial charge in [0.1, 0.15) is 0 Å². The van der Waals surface area contributed by atoms with Crippen LogP contribution in [0.25, 0.3) is 0 Å². The van der Waals surface area contributed by atoms with E-state index in [0.717, 1.165) is 25.1 Å². The predicted octanol–water partition coefficient (Wildman–Crippen LogP) is 3.53. The van der Waals surface area contributed by atoms with Gasteiger partial charge in [0.2, 0.25) is 0 Å². The molecule has 0 aliphatic rings. The fraction of sp³-hybridized carbons (Fsp3) is 0.364. The van der Waals surface area contributed by atoms with Crippen LogP contribution in [0.3, 0.4) is 0 Å². The zero-order valence-electron chi connectivity index (χ0n) is 9.58. The molecule has 0 aliphatic heterocycles. The van der Waals surface area contributed by atoms with E-state index in [1.807, 2.05) is 30.7 Å². The second kappa shape index (κ2) is 5.10. The molecule has 2 rings (SSSR count). The fourth-order valence-corrected chi connectivity index (χ4v) is 3.21. The first kappa shape index (κ1) is 13.1. The van der Waals surface area contributed by atoms with Gasteiger partial charge in [0.05, 0.1) is 26.2 Å². The van der Waals surface area contributed by atoms with Crippen LogP contribution < -0.4 is 5.73 Å². The first-order valence-corrected chi connectivity index (χ1v) is 7.19. The highest BCUT2D eigenvalue weighted by Crippen LogP contribution is 2.31. The molecule has 2 heterocycles. The quantitative estimate of drug-likeness (QED) is 0.933. The van der Waals surface area contributed by atoms with Crippen molar-refractivity contribution in [3.63, 3.8) is 0 Å². The summed E-state index contributed by atoms with van der Waals surface area (Å²) in [6, 6.07) is 3.96. The van der Waals surface area contributed by atoms with Crippen LogP contribution in [0.5, 0.6) is 0 Å². The van der Waals surface area contributed by atoms with Gasteiger partial charge in [-0.3, -0.25) is 4.68 Å². The van der Waals surface area contributed by atoms with Crippen molar-refractivity contribution in [2.45, 2.75) is 19.9 Å². The molecule has 0 bridgehead atoms. The zero-order chi connectivity index (χ0) is 12.6. The molecular weight excluding hydrogens is 322 g/mol. The van der Waals surface area contributed by atoms with Crippen molar-refractivity contribution >= 4 is 38.9 Å². The van der Waals surface area contributed by atoms with E-state index in [-0.39, 0.29) is 6.04 Å². The van der Waals surface area contributed by atoms with Crippen molar-refractivity contribution < 1.29 is 0 Å². The van der Waals surface area contributed by atoms with Gasteiger partial charge in [-0.05, 0) is 41.9 Å². The summed E-state index contributed by atoms with van der Waals surface area (Å²) in [5, 5.41) is 4.52. The van der Waals surface area contributed by atoms with Crippen molar-refractivity contribution in [2.75, 3.05) is 6.54 Å². The lowest BCUT2D eigenvalue weighted by molar-refractivity contribution is 0.523. The molecule has 92 valence electrons. The zero-order valence-corrected chi connectivity index (χ0v) is 12.7. The van der Waals surface area contributed by atoms with Crippen LogP contribution in [0.4, 0.5) is 0 Å². The smallest absolute Gasteiger partial charge is 0.0986 e. The number of nitrogens with two attached hydrogens (primary N) is 1. The van der Waals surface area contributed by atoms with Crippen molar-refractivity contribution in [1.29, 1.82) is 0 Å². The van der Waals surface area contributed by atoms with Crippen molar-refractivity contribution in [3.05, 3.63) is 37.2 Å². The number of nitrogens with zero attached hydrogens (tertiary/aromatic N) is 2. The van der Waals surface area contributed by atoms with E-state index >= 15 is 0 Å². The Kier molecular flexibility index (Phi) is 3.92. The Balaban J connectivity index is 2.45. The van der Waals surface area contributed by atoms with Gasteiger partial charge in [-0.15, -0.1) is 11.3 Å². The van der Waals surface area contributed by atoms with Gasteiger partial charge in [0, 0.05) is 11.4 Å². The minimum atomic E-state index is 0.0532. The third kappa shape index (κ3) is 2.42. The van der Waals surface area contributed by atoms with Gasteiger partial charge in [0.15, 0.2) is 0 Å². The van der Waals surface area contributed by atoms with E-state index in [0.29, 0.717) is 6.54 Å². The molecule has 1 unspecified atom stereocenters. The summed E-state index contributed by atoms with van der Waals surface area (Å²) in [6.07, 6.45) is 0. The molecule has 0 fully saturated rings. The molecule has 0 saturated carbocycles. The Bertz CT molecular complexity index is 535. The van der Waals surface area contributed by atoms with Crippen molar-refractivity contribution in [2.24, 2.45) is 5.73 Å². The SMILES string of the molecule is Cc1nn(C(CN)c2ccc(Cl)s2)c(C)c1Br. The fourth-order valence-electron chi connectivity index (χ4n) is 1.79. The van der Waals surface area contributed by atoms with E-state index in [2.05, 4.69) is 21.0 Å². The van der Waals surface area contributed by atoms with Crippen LogP contribution in [0, 0.1) is 13.8 Å². The number of halogens is 2. The molecule has 0 spiro atoms. The Hall–Kier alpha value is -0.360. The molecule has 0 aromatic carbocycles. The number of aromatic nitrogens is 2. The van der Waals surface area contributed by atoms with E-state index in [1.54, 1.807) is 11.3 Å². The van der Waals surface area contributed by atoms with Gasteiger partial charge in [-0.25, -0.2) is 0 Å². The average molecular weight is 335 g/mol. The minimum absolute atomic E-state index is 0.0532.